The van der Waals surface area contributed by atoms with Crippen LogP contribution in [0.3, 0.4) is 0 Å². The van der Waals surface area contributed by atoms with Crippen LogP contribution >= 0.6 is 0 Å². The molecule has 0 atom stereocenters. The van der Waals surface area contributed by atoms with Gasteiger partial charge in [0, 0.05) is 26.6 Å². The molecule has 132 valence electrons. The third kappa shape index (κ3) is 3.04. The summed E-state index contributed by atoms with van der Waals surface area (Å²) < 4.78 is 4.81. The zero-order valence-electron chi connectivity index (χ0n) is 15.0. The molecule has 0 aliphatic heterocycles. The normalized spacial score (nSPS) is 11.3. The molecule has 2 aromatic heterocycles. The fourth-order valence-electron chi connectivity index (χ4n) is 3.19. The van der Waals surface area contributed by atoms with Gasteiger partial charge in [0.2, 0.25) is 0 Å². The molecule has 0 saturated heterocycles. The van der Waals surface area contributed by atoms with Crippen LogP contribution in [0.1, 0.15) is 38.1 Å². The van der Waals surface area contributed by atoms with Crippen molar-refractivity contribution in [3.8, 4) is 0 Å². The SMILES string of the molecule is CCCn1c(=O)c2c(nc(Cc3ccccc3)n2C)n(CCC)c1=O. The first-order valence-electron chi connectivity index (χ1n) is 8.81. The van der Waals surface area contributed by atoms with E-state index in [4.69, 9.17) is 0 Å². The zero-order chi connectivity index (χ0) is 18.0. The van der Waals surface area contributed by atoms with E-state index in [0.29, 0.717) is 30.7 Å². The minimum Gasteiger partial charge on any atom is -0.325 e. The van der Waals surface area contributed by atoms with E-state index in [2.05, 4.69) is 4.98 Å². The number of imidazole rings is 1. The Morgan fingerprint density at radius 1 is 0.960 bits per heavy atom. The van der Waals surface area contributed by atoms with Gasteiger partial charge in [0.25, 0.3) is 5.56 Å². The van der Waals surface area contributed by atoms with Crippen molar-refractivity contribution in [2.75, 3.05) is 0 Å². The van der Waals surface area contributed by atoms with Crippen molar-refractivity contribution in [3.63, 3.8) is 0 Å². The van der Waals surface area contributed by atoms with Crippen LogP contribution in [-0.2, 0) is 26.6 Å². The summed E-state index contributed by atoms with van der Waals surface area (Å²) in [6.45, 7) is 4.96. The summed E-state index contributed by atoms with van der Waals surface area (Å²) in [5, 5.41) is 0. The molecular formula is C19H24N4O2. The number of fused-ring (bicyclic) bond motifs is 1. The maximum atomic E-state index is 12.9. The lowest BCUT2D eigenvalue weighted by Crippen LogP contribution is -2.40. The molecule has 6 nitrogen and oxygen atoms in total. The molecule has 3 rings (SSSR count). The summed E-state index contributed by atoms with van der Waals surface area (Å²) in [6.07, 6.45) is 2.17. The molecule has 3 aromatic rings. The molecule has 6 heteroatoms. The van der Waals surface area contributed by atoms with E-state index in [-0.39, 0.29) is 11.2 Å². The number of aromatic nitrogens is 4. The summed E-state index contributed by atoms with van der Waals surface area (Å²) in [7, 11) is 1.85. The monoisotopic (exact) mass is 340 g/mol. The van der Waals surface area contributed by atoms with Gasteiger partial charge in [-0.2, -0.15) is 0 Å². The second-order valence-corrected chi connectivity index (χ2v) is 6.31. The highest BCUT2D eigenvalue weighted by molar-refractivity contribution is 5.71. The van der Waals surface area contributed by atoms with E-state index in [1.165, 1.54) is 4.57 Å². The van der Waals surface area contributed by atoms with Gasteiger partial charge in [0.05, 0.1) is 0 Å². The first-order chi connectivity index (χ1) is 12.1. The second-order valence-electron chi connectivity index (χ2n) is 6.31. The van der Waals surface area contributed by atoms with Crippen LogP contribution in [0.4, 0.5) is 0 Å². The van der Waals surface area contributed by atoms with E-state index in [1.54, 1.807) is 4.57 Å². The largest absolute Gasteiger partial charge is 0.332 e. The number of aryl methyl sites for hydroxylation is 2. The Bertz CT molecular complexity index is 996. The van der Waals surface area contributed by atoms with Crippen LogP contribution in [-0.4, -0.2) is 18.7 Å². The van der Waals surface area contributed by atoms with Gasteiger partial charge in [0.15, 0.2) is 11.2 Å². The first-order valence-corrected chi connectivity index (χ1v) is 8.81. The van der Waals surface area contributed by atoms with E-state index >= 15 is 0 Å². The van der Waals surface area contributed by atoms with Gasteiger partial charge in [-0.15, -0.1) is 0 Å². The van der Waals surface area contributed by atoms with Crippen LogP contribution in [0.5, 0.6) is 0 Å². The minimum atomic E-state index is -0.259. The molecular weight excluding hydrogens is 316 g/mol. The molecule has 0 amide bonds. The van der Waals surface area contributed by atoms with Crippen LogP contribution in [0.25, 0.3) is 11.2 Å². The maximum absolute atomic E-state index is 12.9. The fraction of sp³-hybridized carbons (Fsp3) is 0.421. The molecule has 2 heterocycles. The molecule has 1 aromatic carbocycles. The number of benzene rings is 1. The van der Waals surface area contributed by atoms with Crippen molar-refractivity contribution in [1.29, 1.82) is 0 Å². The summed E-state index contributed by atoms with van der Waals surface area (Å²) in [5.41, 5.74) is 1.62. The van der Waals surface area contributed by atoms with Crippen molar-refractivity contribution >= 4 is 11.2 Å². The molecule has 0 saturated carbocycles. The molecule has 25 heavy (non-hydrogen) atoms. The Hall–Kier alpha value is -2.63. The van der Waals surface area contributed by atoms with Crippen molar-refractivity contribution < 1.29 is 0 Å². The van der Waals surface area contributed by atoms with Gasteiger partial charge in [-0.25, -0.2) is 9.78 Å². The molecule has 0 aliphatic rings. The van der Waals surface area contributed by atoms with Crippen molar-refractivity contribution in [3.05, 3.63) is 62.6 Å². The Morgan fingerprint density at radius 2 is 1.60 bits per heavy atom. The molecule has 0 aliphatic carbocycles. The van der Waals surface area contributed by atoms with E-state index in [1.807, 2.05) is 55.8 Å². The van der Waals surface area contributed by atoms with Gasteiger partial charge < -0.3 is 4.57 Å². The molecule has 0 bridgehead atoms. The summed E-state index contributed by atoms with van der Waals surface area (Å²) >= 11 is 0. The molecule has 0 unspecified atom stereocenters. The van der Waals surface area contributed by atoms with Gasteiger partial charge in [0.1, 0.15) is 5.82 Å². The van der Waals surface area contributed by atoms with Gasteiger partial charge in [-0.3, -0.25) is 13.9 Å². The van der Waals surface area contributed by atoms with Crippen molar-refractivity contribution in [1.82, 2.24) is 18.7 Å². The highest BCUT2D eigenvalue weighted by Gasteiger charge is 2.19. The quantitative estimate of drug-likeness (QED) is 0.692. The minimum absolute atomic E-state index is 0.247. The predicted molar refractivity (Wildman–Crippen MR) is 99.1 cm³/mol. The number of rotatable bonds is 6. The maximum Gasteiger partial charge on any atom is 0.332 e. The second kappa shape index (κ2) is 7.09. The van der Waals surface area contributed by atoms with Gasteiger partial charge >= 0.3 is 5.69 Å². The molecule has 0 radical (unpaired) electrons. The third-order valence-electron chi connectivity index (χ3n) is 4.43. The van der Waals surface area contributed by atoms with Gasteiger partial charge in [-0.1, -0.05) is 44.2 Å². The highest BCUT2D eigenvalue weighted by atomic mass is 16.2. The molecule has 0 spiro atoms. The van der Waals surface area contributed by atoms with E-state index < -0.39 is 0 Å². The lowest BCUT2D eigenvalue weighted by atomic mass is 10.1. The zero-order valence-corrected chi connectivity index (χ0v) is 15.0. The predicted octanol–water partition coefficient (Wildman–Crippen LogP) is 2.31. The third-order valence-corrected chi connectivity index (χ3v) is 4.43. The van der Waals surface area contributed by atoms with Crippen molar-refractivity contribution in [2.24, 2.45) is 7.05 Å². The Kier molecular flexibility index (Phi) is 4.88. The summed E-state index contributed by atoms with van der Waals surface area (Å²) in [6, 6.07) is 10.0. The van der Waals surface area contributed by atoms with Crippen LogP contribution in [0.15, 0.2) is 39.9 Å². The number of hydrogen-bond donors (Lipinski definition) is 0. The lowest BCUT2D eigenvalue weighted by Gasteiger charge is -2.10. The van der Waals surface area contributed by atoms with E-state index in [9.17, 15) is 9.59 Å². The van der Waals surface area contributed by atoms with Crippen LogP contribution in [0.2, 0.25) is 0 Å². The summed E-state index contributed by atoms with van der Waals surface area (Å²) in [4.78, 5) is 30.3. The van der Waals surface area contributed by atoms with Gasteiger partial charge in [-0.05, 0) is 18.4 Å². The topological polar surface area (TPSA) is 61.8 Å². The average molecular weight is 340 g/mol. The average Bonchev–Trinajstić information content (AvgIpc) is 2.93. The van der Waals surface area contributed by atoms with Crippen molar-refractivity contribution in [2.45, 2.75) is 46.2 Å². The molecule has 0 fully saturated rings. The number of hydrogen-bond acceptors (Lipinski definition) is 3. The van der Waals surface area contributed by atoms with E-state index in [0.717, 1.165) is 24.2 Å². The van der Waals surface area contributed by atoms with Crippen LogP contribution < -0.4 is 11.2 Å². The van der Waals surface area contributed by atoms with Crippen LogP contribution in [0, 0.1) is 0 Å². The Balaban J connectivity index is 2.25. The fourth-order valence-corrected chi connectivity index (χ4v) is 3.19. The Morgan fingerprint density at radius 3 is 2.24 bits per heavy atom. The standard InChI is InChI=1S/C19H24N4O2/c1-4-11-22-17-16(18(24)23(12-5-2)19(22)25)21(3)15(20-17)13-14-9-7-6-8-10-14/h6-10H,4-5,11-13H2,1-3H3. The highest BCUT2D eigenvalue weighted by Crippen LogP contribution is 2.14. The lowest BCUT2D eigenvalue weighted by molar-refractivity contribution is 0.554. The summed E-state index contributed by atoms with van der Waals surface area (Å²) in [5.74, 6) is 0.789. The first kappa shape index (κ1) is 17.2. The Labute approximate surface area is 146 Å². The smallest absolute Gasteiger partial charge is 0.325 e. The number of nitrogens with zero attached hydrogens (tertiary/aromatic N) is 4. The molecule has 0 N–H and O–H groups in total.